The lowest BCUT2D eigenvalue weighted by Gasteiger charge is -2.02. The molecule has 130 valence electrons. The van der Waals surface area contributed by atoms with E-state index in [0.717, 1.165) is 11.3 Å². The monoisotopic (exact) mass is 349 g/mol. The summed E-state index contributed by atoms with van der Waals surface area (Å²) in [7, 11) is 0. The molecular weight excluding hydrogens is 334 g/mol. The molecule has 3 rings (SSSR count). The maximum atomic E-state index is 11.9. The van der Waals surface area contributed by atoms with Gasteiger partial charge < -0.3 is 9.15 Å². The number of nitrogens with zero attached hydrogens (tertiary/aromatic N) is 2. The molecule has 1 N–H and O–H groups in total. The van der Waals surface area contributed by atoms with Gasteiger partial charge in [0.15, 0.2) is 0 Å². The summed E-state index contributed by atoms with van der Waals surface area (Å²) in [6, 6.07) is 13.2. The Hall–Kier alpha value is -3.74. The molecule has 7 heteroatoms. The average Bonchev–Trinajstić information content (AvgIpc) is 3.18. The number of pyridine rings is 1. The van der Waals surface area contributed by atoms with Gasteiger partial charge in [0.2, 0.25) is 5.76 Å². The molecule has 26 heavy (non-hydrogen) atoms. The van der Waals surface area contributed by atoms with Crippen molar-refractivity contribution >= 4 is 18.1 Å². The van der Waals surface area contributed by atoms with E-state index in [-0.39, 0.29) is 11.7 Å². The zero-order valence-electron chi connectivity index (χ0n) is 13.9. The Balaban J connectivity index is 1.55. The van der Waals surface area contributed by atoms with E-state index >= 15 is 0 Å². The minimum Gasteiger partial charge on any atom is -0.457 e. The number of ether oxygens (including phenoxy) is 1. The molecular formula is C19H15N3O4. The lowest BCUT2D eigenvalue weighted by Crippen LogP contribution is -2.17. The van der Waals surface area contributed by atoms with Crippen LogP contribution >= 0.6 is 0 Å². The zero-order valence-corrected chi connectivity index (χ0v) is 13.9. The van der Waals surface area contributed by atoms with Crippen molar-refractivity contribution in [1.82, 2.24) is 10.4 Å². The molecule has 0 atom stereocenters. The topological polar surface area (TPSA) is 93.8 Å². The van der Waals surface area contributed by atoms with Crippen molar-refractivity contribution in [3.63, 3.8) is 0 Å². The van der Waals surface area contributed by atoms with E-state index in [4.69, 9.17) is 9.15 Å². The van der Waals surface area contributed by atoms with Gasteiger partial charge in [-0.3, -0.25) is 9.78 Å². The number of esters is 1. The van der Waals surface area contributed by atoms with E-state index in [1.165, 1.54) is 24.7 Å². The van der Waals surface area contributed by atoms with Gasteiger partial charge in [0.25, 0.3) is 5.91 Å². The number of carbonyl (C=O) groups is 2. The number of furan rings is 1. The van der Waals surface area contributed by atoms with Crippen molar-refractivity contribution in [3.05, 3.63) is 83.6 Å². The number of rotatable bonds is 5. The second kappa shape index (κ2) is 7.89. The van der Waals surface area contributed by atoms with Gasteiger partial charge in [0.05, 0.1) is 18.0 Å². The fraction of sp³-hybridized carbons (Fsp3) is 0.0526. The first-order chi connectivity index (χ1) is 12.6. The third-order valence-electron chi connectivity index (χ3n) is 3.37. The summed E-state index contributed by atoms with van der Waals surface area (Å²) in [5.41, 5.74) is 4.41. The van der Waals surface area contributed by atoms with Gasteiger partial charge in [0.1, 0.15) is 5.75 Å². The van der Waals surface area contributed by atoms with Gasteiger partial charge in [-0.1, -0.05) is 0 Å². The Bertz CT molecular complexity index is 914. The molecule has 0 spiro atoms. The first-order valence-electron chi connectivity index (χ1n) is 7.73. The zero-order chi connectivity index (χ0) is 18.4. The summed E-state index contributed by atoms with van der Waals surface area (Å²) in [6.07, 6.45) is 4.37. The fourth-order valence-electron chi connectivity index (χ4n) is 2.01. The van der Waals surface area contributed by atoms with Gasteiger partial charge in [-0.15, -0.1) is 0 Å². The van der Waals surface area contributed by atoms with Gasteiger partial charge in [0, 0.05) is 11.9 Å². The SMILES string of the molecule is Cc1ccc(C(=O)NN=Cc2ccc(OC(=O)c3ccco3)cc2)cn1. The number of nitrogens with one attached hydrogen (secondary N) is 1. The van der Waals surface area contributed by atoms with Crippen LogP contribution in [0.1, 0.15) is 32.2 Å². The molecule has 0 unspecified atom stereocenters. The molecule has 1 amide bonds. The van der Waals surface area contributed by atoms with Crippen LogP contribution in [0, 0.1) is 6.92 Å². The van der Waals surface area contributed by atoms with Crippen LogP contribution in [0.4, 0.5) is 0 Å². The second-order valence-corrected chi connectivity index (χ2v) is 5.32. The number of carbonyl (C=O) groups excluding carboxylic acids is 2. The molecule has 2 heterocycles. The molecule has 0 saturated carbocycles. The number of aryl methyl sites for hydroxylation is 1. The molecule has 1 aromatic carbocycles. The molecule has 0 aliphatic carbocycles. The third-order valence-corrected chi connectivity index (χ3v) is 3.37. The molecule has 3 aromatic rings. The number of amides is 1. The molecule has 0 saturated heterocycles. The Morgan fingerprint density at radius 1 is 1.15 bits per heavy atom. The average molecular weight is 349 g/mol. The highest BCUT2D eigenvalue weighted by Crippen LogP contribution is 2.13. The van der Waals surface area contributed by atoms with Crippen LogP contribution in [0.25, 0.3) is 0 Å². The number of hydrogen-bond acceptors (Lipinski definition) is 6. The lowest BCUT2D eigenvalue weighted by molar-refractivity contribution is 0.0701. The Morgan fingerprint density at radius 3 is 2.62 bits per heavy atom. The standard InChI is InChI=1S/C19H15N3O4/c1-13-4-7-15(12-20-13)18(23)22-21-11-14-5-8-16(9-6-14)26-19(24)17-3-2-10-25-17/h2-12H,1H3,(H,22,23). The van der Waals surface area contributed by atoms with E-state index in [1.54, 1.807) is 42.5 Å². The van der Waals surface area contributed by atoms with Crippen LogP contribution < -0.4 is 10.2 Å². The summed E-state index contributed by atoms with van der Waals surface area (Å²) >= 11 is 0. The first kappa shape index (κ1) is 17.1. The minimum absolute atomic E-state index is 0.129. The van der Waals surface area contributed by atoms with E-state index in [2.05, 4.69) is 15.5 Å². The normalized spacial score (nSPS) is 10.7. The number of aromatic nitrogens is 1. The van der Waals surface area contributed by atoms with Crippen LogP contribution in [0.5, 0.6) is 5.75 Å². The molecule has 0 radical (unpaired) electrons. The van der Waals surface area contributed by atoms with E-state index in [9.17, 15) is 9.59 Å². The smallest absolute Gasteiger partial charge is 0.379 e. The summed E-state index contributed by atoms with van der Waals surface area (Å²) in [6.45, 7) is 1.84. The molecule has 0 aliphatic heterocycles. The quantitative estimate of drug-likeness (QED) is 0.331. The fourth-order valence-corrected chi connectivity index (χ4v) is 2.01. The Morgan fingerprint density at radius 2 is 1.96 bits per heavy atom. The number of hydrogen-bond donors (Lipinski definition) is 1. The van der Waals surface area contributed by atoms with Crippen molar-refractivity contribution in [2.45, 2.75) is 6.92 Å². The van der Waals surface area contributed by atoms with Gasteiger partial charge >= 0.3 is 5.97 Å². The highest BCUT2D eigenvalue weighted by Gasteiger charge is 2.10. The third kappa shape index (κ3) is 4.41. The Labute approximate surface area is 149 Å². The number of benzene rings is 1. The molecule has 0 fully saturated rings. The highest BCUT2D eigenvalue weighted by atomic mass is 16.5. The largest absolute Gasteiger partial charge is 0.457 e. The van der Waals surface area contributed by atoms with Gasteiger partial charge in [-0.2, -0.15) is 5.10 Å². The van der Waals surface area contributed by atoms with Crippen LogP contribution in [-0.2, 0) is 0 Å². The van der Waals surface area contributed by atoms with Crippen LogP contribution in [-0.4, -0.2) is 23.1 Å². The summed E-state index contributed by atoms with van der Waals surface area (Å²) in [5, 5.41) is 3.90. The predicted octanol–water partition coefficient (Wildman–Crippen LogP) is 2.97. The summed E-state index contributed by atoms with van der Waals surface area (Å²) < 4.78 is 10.1. The summed E-state index contributed by atoms with van der Waals surface area (Å²) in [5.74, 6) is -0.421. The maximum Gasteiger partial charge on any atom is 0.379 e. The van der Waals surface area contributed by atoms with Crippen LogP contribution in [0.15, 0.2) is 70.5 Å². The van der Waals surface area contributed by atoms with Crippen LogP contribution in [0.2, 0.25) is 0 Å². The van der Waals surface area contributed by atoms with Crippen LogP contribution in [0.3, 0.4) is 0 Å². The summed E-state index contributed by atoms with van der Waals surface area (Å²) in [4.78, 5) is 27.7. The predicted molar refractivity (Wildman–Crippen MR) is 94.1 cm³/mol. The van der Waals surface area contributed by atoms with Gasteiger partial charge in [-0.25, -0.2) is 10.2 Å². The molecule has 2 aromatic heterocycles. The van der Waals surface area contributed by atoms with E-state index < -0.39 is 5.97 Å². The van der Waals surface area contributed by atoms with E-state index in [1.807, 2.05) is 6.92 Å². The van der Waals surface area contributed by atoms with Crippen molar-refractivity contribution in [2.24, 2.45) is 5.10 Å². The second-order valence-electron chi connectivity index (χ2n) is 5.32. The first-order valence-corrected chi connectivity index (χ1v) is 7.73. The highest BCUT2D eigenvalue weighted by molar-refractivity contribution is 5.94. The van der Waals surface area contributed by atoms with E-state index in [0.29, 0.717) is 11.3 Å². The Kier molecular flexibility index (Phi) is 5.19. The van der Waals surface area contributed by atoms with Gasteiger partial charge in [-0.05, 0) is 61.0 Å². The van der Waals surface area contributed by atoms with Crippen molar-refractivity contribution < 1.29 is 18.7 Å². The van der Waals surface area contributed by atoms with Crippen molar-refractivity contribution in [2.75, 3.05) is 0 Å². The van der Waals surface area contributed by atoms with Crippen molar-refractivity contribution in [1.29, 1.82) is 0 Å². The lowest BCUT2D eigenvalue weighted by atomic mass is 10.2. The molecule has 0 bridgehead atoms. The number of hydrazone groups is 1. The van der Waals surface area contributed by atoms with Crippen molar-refractivity contribution in [3.8, 4) is 5.75 Å². The minimum atomic E-state index is -0.574. The molecule has 0 aliphatic rings. The maximum absolute atomic E-state index is 11.9. The molecule has 7 nitrogen and oxygen atoms in total.